The summed E-state index contributed by atoms with van der Waals surface area (Å²) in [7, 11) is -0.409. The van der Waals surface area contributed by atoms with E-state index in [-0.39, 0.29) is 17.2 Å². The van der Waals surface area contributed by atoms with Gasteiger partial charge in [0, 0.05) is 11.4 Å². The second-order valence-electron chi connectivity index (χ2n) is 8.11. The van der Waals surface area contributed by atoms with Crippen LogP contribution in [0.3, 0.4) is 0 Å². The van der Waals surface area contributed by atoms with Gasteiger partial charge in [0.25, 0.3) is 0 Å². The van der Waals surface area contributed by atoms with Gasteiger partial charge in [-0.1, -0.05) is 24.3 Å². The Morgan fingerprint density at radius 3 is 2.07 bits per heavy atom. The quantitative estimate of drug-likeness (QED) is 0.799. The summed E-state index contributed by atoms with van der Waals surface area (Å²) in [5.74, 6) is 0. The van der Waals surface area contributed by atoms with E-state index in [2.05, 4.69) is 10.6 Å². The number of benzene rings is 2. The van der Waals surface area contributed by atoms with E-state index >= 15 is 0 Å². The van der Waals surface area contributed by atoms with Crippen molar-refractivity contribution >= 4 is 30.0 Å². The fraction of sp³-hybridized carbons (Fsp3) is 0.381. The molecule has 0 atom stereocenters. The molecule has 0 unspecified atom stereocenters. The van der Waals surface area contributed by atoms with Crippen molar-refractivity contribution in [1.82, 2.24) is 0 Å². The third-order valence-corrected chi connectivity index (χ3v) is 5.34. The van der Waals surface area contributed by atoms with Crippen LogP contribution in [-0.2, 0) is 9.31 Å². The minimum atomic E-state index is -0.409. The van der Waals surface area contributed by atoms with Crippen molar-refractivity contribution in [3.8, 4) is 0 Å². The van der Waals surface area contributed by atoms with Crippen LogP contribution in [0.25, 0.3) is 0 Å². The maximum atomic E-state index is 12.3. The Balaban J connectivity index is 1.64. The monoisotopic (exact) mass is 366 g/mol. The Hall–Kier alpha value is -2.31. The van der Waals surface area contributed by atoms with Gasteiger partial charge in [-0.2, -0.15) is 0 Å². The second-order valence-corrected chi connectivity index (χ2v) is 8.11. The lowest BCUT2D eigenvalue weighted by molar-refractivity contribution is 0.00578. The van der Waals surface area contributed by atoms with Crippen LogP contribution < -0.4 is 16.1 Å². The molecular formula is C21H27BN2O3. The number of aryl methyl sites for hydroxylation is 2. The molecular weight excluding hydrogens is 339 g/mol. The maximum Gasteiger partial charge on any atom is 0.494 e. The van der Waals surface area contributed by atoms with Crippen molar-refractivity contribution in [2.75, 3.05) is 10.6 Å². The number of anilines is 2. The molecule has 0 aliphatic carbocycles. The first-order valence-corrected chi connectivity index (χ1v) is 9.18. The number of urea groups is 1. The van der Waals surface area contributed by atoms with Crippen LogP contribution in [0, 0.1) is 13.8 Å². The second kappa shape index (κ2) is 7.02. The van der Waals surface area contributed by atoms with Crippen LogP contribution in [0.2, 0.25) is 0 Å². The van der Waals surface area contributed by atoms with Crippen molar-refractivity contribution in [3.63, 3.8) is 0 Å². The van der Waals surface area contributed by atoms with Crippen molar-refractivity contribution in [2.45, 2.75) is 52.7 Å². The summed E-state index contributed by atoms with van der Waals surface area (Å²) in [6.45, 7) is 12.1. The van der Waals surface area contributed by atoms with E-state index in [4.69, 9.17) is 9.31 Å². The smallest absolute Gasteiger partial charge is 0.399 e. The third-order valence-electron chi connectivity index (χ3n) is 5.34. The van der Waals surface area contributed by atoms with Gasteiger partial charge in [0.05, 0.1) is 11.2 Å². The van der Waals surface area contributed by atoms with Gasteiger partial charge in [0.15, 0.2) is 0 Å². The molecule has 1 aliphatic heterocycles. The van der Waals surface area contributed by atoms with Gasteiger partial charge in [0.2, 0.25) is 0 Å². The van der Waals surface area contributed by atoms with E-state index in [1.807, 2.05) is 84.0 Å². The average Bonchev–Trinajstić information content (AvgIpc) is 2.79. The molecule has 2 N–H and O–H groups in total. The summed E-state index contributed by atoms with van der Waals surface area (Å²) in [5.41, 5.74) is 3.81. The number of carbonyl (C=O) groups excluding carboxylic acids is 1. The normalized spacial score (nSPS) is 17.6. The molecule has 2 aromatic carbocycles. The third kappa shape index (κ3) is 4.17. The van der Waals surface area contributed by atoms with Crippen molar-refractivity contribution in [2.24, 2.45) is 0 Å². The standard InChI is InChI=1S/C21H27BN2O3/c1-14-7-8-15(2)18(13-14)24-19(25)23-17-11-9-16(10-12-17)22-26-20(3,4)21(5,6)27-22/h7-13H,1-6H3,(H2,23,24,25). The molecule has 27 heavy (non-hydrogen) atoms. The van der Waals surface area contributed by atoms with Crippen LogP contribution in [0.15, 0.2) is 42.5 Å². The summed E-state index contributed by atoms with van der Waals surface area (Å²) in [6.07, 6.45) is 0. The zero-order valence-corrected chi connectivity index (χ0v) is 16.8. The molecule has 0 saturated carbocycles. The minimum absolute atomic E-state index is 0.271. The van der Waals surface area contributed by atoms with E-state index in [1.165, 1.54) is 0 Å². The van der Waals surface area contributed by atoms with Gasteiger partial charge in [-0.15, -0.1) is 0 Å². The highest BCUT2D eigenvalue weighted by molar-refractivity contribution is 6.62. The minimum Gasteiger partial charge on any atom is -0.399 e. The van der Waals surface area contributed by atoms with Crippen molar-refractivity contribution in [1.29, 1.82) is 0 Å². The van der Waals surface area contributed by atoms with Gasteiger partial charge >= 0.3 is 13.1 Å². The van der Waals surface area contributed by atoms with E-state index < -0.39 is 7.12 Å². The zero-order chi connectivity index (χ0) is 19.8. The summed E-state index contributed by atoms with van der Waals surface area (Å²) < 4.78 is 12.1. The van der Waals surface area contributed by atoms with Crippen molar-refractivity contribution < 1.29 is 14.1 Å². The Bertz CT molecular complexity index is 831. The van der Waals surface area contributed by atoms with Crippen LogP contribution in [0.1, 0.15) is 38.8 Å². The predicted octanol–water partition coefficient (Wildman–Crippen LogP) is 4.25. The first-order chi connectivity index (χ1) is 12.6. The Kier molecular flexibility index (Phi) is 5.06. The van der Waals surface area contributed by atoms with Crippen LogP contribution in [0.5, 0.6) is 0 Å². The van der Waals surface area contributed by atoms with Gasteiger partial charge in [0.1, 0.15) is 0 Å². The molecule has 0 bridgehead atoms. The number of nitrogens with one attached hydrogen (secondary N) is 2. The molecule has 0 aromatic heterocycles. The molecule has 1 saturated heterocycles. The molecule has 2 aromatic rings. The molecule has 5 nitrogen and oxygen atoms in total. The maximum absolute atomic E-state index is 12.3. The summed E-state index contributed by atoms with van der Waals surface area (Å²) in [6, 6.07) is 13.2. The molecule has 1 aliphatic rings. The first-order valence-electron chi connectivity index (χ1n) is 9.18. The Morgan fingerprint density at radius 1 is 0.889 bits per heavy atom. The number of hydrogen-bond donors (Lipinski definition) is 2. The number of amides is 2. The predicted molar refractivity (Wildman–Crippen MR) is 111 cm³/mol. The first kappa shape index (κ1) is 19.5. The molecule has 1 heterocycles. The summed E-state index contributed by atoms with van der Waals surface area (Å²) in [5, 5.41) is 5.75. The molecule has 142 valence electrons. The molecule has 0 radical (unpaired) electrons. The van der Waals surface area contributed by atoms with Gasteiger partial charge in [-0.3, -0.25) is 0 Å². The number of hydrogen-bond acceptors (Lipinski definition) is 3. The van der Waals surface area contributed by atoms with E-state index in [1.54, 1.807) is 0 Å². The number of rotatable bonds is 3. The number of carbonyl (C=O) groups is 1. The van der Waals surface area contributed by atoms with Gasteiger partial charge in [-0.05, 0) is 76.3 Å². The summed E-state index contributed by atoms with van der Waals surface area (Å²) >= 11 is 0. The lowest BCUT2D eigenvalue weighted by atomic mass is 9.79. The largest absolute Gasteiger partial charge is 0.494 e. The molecule has 0 spiro atoms. The molecule has 6 heteroatoms. The SMILES string of the molecule is Cc1ccc(C)c(NC(=O)Nc2ccc(B3OC(C)(C)C(C)(C)O3)cc2)c1. The van der Waals surface area contributed by atoms with E-state index in [0.717, 1.165) is 22.3 Å². The molecule has 2 amide bonds. The molecule has 1 fully saturated rings. The van der Waals surface area contributed by atoms with Crippen molar-refractivity contribution in [3.05, 3.63) is 53.6 Å². The van der Waals surface area contributed by atoms with Crippen LogP contribution in [0.4, 0.5) is 16.2 Å². The average molecular weight is 366 g/mol. The molecule has 3 rings (SSSR count). The topological polar surface area (TPSA) is 59.6 Å². The Morgan fingerprint density at radius 2 is 1.48 bits per heavy atom. The lowest BCUT2D eigenvalue weighted by Gasteiger charge is -2.32. The van der Waals surface area contributed by atoms with Gasteiger partial charge < -0.3 is 19.9 Å². The zero-order valence-electron chi connectivity index (χ0n) is 16.8. The fourth-order valence-electron chi connectivity index (χ4n) is 2.86. The Labute approximate surface area is 161 Å². The van der Waals surface area contributed by atoms with E-state index in [9.17, 15) is 4.79 Å². The van der Waals surface area contributed by atoms with E-state index in [0.29, 0.717) is 5.69 Å². The highest BCUT2D eigenvalue weighted by Gasteiger charge is 2.51. The fourth-order valence-corrected chi connectivity index (χ4v) is 2.86. The highest BCUT2D eigenvalue weighted by Crippen LogP contribution is 2.36. The van der Waals surface area contributed by atoms with Gasteiger partial charge in [-0.25, -0.2) is 4.79 Å². The highest BCUT2D eigenvalue weighted by atomic mass is 16.7. The summed E-state index contributed by atoms with van der Waals surface area (Å²) in [4.78, 5) is 12.3. The van der Waals surface area contributed by atoms with Crippen LogP contribution in [-0.4, -0.2) is 24.4 Å². The lowest BCUT2D eigenvalue weighted by Crippen LogP contribution is -2.41. The van der Waals surface area contributed by atoms with Crippen LogP contribution >= 0.6 is 0 Å².